The number of carbonyl (C=O) groups is 4. The Balaban J connectivity index is 3.37. The molecule has 0 saturated carbocycles. The number of carbonyl (C=O) groups excluding carboxylic acids is 4. The highest BCUT2D eigenvalue weighted by molar-refractivity contribution is 5.92. The molecule has 37 heavy (non-hydrogen) atoms. The Kier molecular flexibility index (Phi) is 12.6. The second-order valence-electron chi connectivity index (χ2n) is 10.5. The molecule has 9 nitrogen and oxygen atoms in total. The van der Waals surface area contributed by atoms with Gasteiger partial charge in [0.15, 0.2) is 0 Å². The minimum Gasteiger partial charge on any atom is -0.466 e. The van der Waals surface area contributed by atoms with E-state index in [1.165, 1.54) is 4.90 Å². The van der Waals surface area contributed by atoms with Crippen LogP contribution in [0.1, 0.15) is 84.0 Å². The summed E-state index contributed by atoms with van der Waals surface area (Å²) in [6.07, 6.45) is -0.0754. The Labute approximate surface area is 221 Å². The van der Waals surface area contributed by atoms with Gasteiger partial charge in [-0.1, -0.05) is 39.0 Å². The highest BCUT2D eigenvalue weighted by Gasteiger charge is 2.37. The first-order valence-corrected chi connectivity index (χ1v) is 13.0. The van der Waals surface area contributed by atoms with Gasteiger partial charge < -0.3 is 25.0 Å². The summed E-state index contributed by atoms with van der Waals surface area (Å²) in [5, 5.41) is 5.50. The van der Waals surface area contributed by atoms with Gasteiger partial charge >= 0.3 is 12.1 Å². The Morgan fingerprint density at radius 2 is 1.68 bits per heavy atom. The van der Waals surface area contributed by atoms with E-state index in [9.17, 15) is 19.2 Å². The Bertz CT molecular complexity index is 938. The summed E-state index contributed by atoms with van der Waals surface area (Å²) in [4.78, 5) is 53.3. The van der Waals surface area contributed by atoms with Crippen LogP contribution >= 0.6 is 0 Å². The van der Waals surface area contributed by atoms with Gasteiger partial charge in [0.1, 0.15) is 17.7 Å². The zero-order valence-electron chi connectivity index (χ0n) is 23.9. The Morgan fingerprint density at radius 3 is 2.19 bits per heavy atom. The number of hydrogen-bond acceptors (Lipinski definition) is 6. The van der Waals surface area contributed by atoms with Crippen molar-refractivity contribution in [3.05, 3.63) is 34.9 Å². The third-order valence-corrected chi connectivity index (χ3v) is 5.69. The lowest BCUT2D eigenvalue weighted by atomic mass is 9.96. The fourth-order valence-electron chi connectivity index (χ4n) is 3.76. The van der Waals surface area contributed by atoms with Crippen molar-refractivity contribution >= 4 is 23.9 Å². The van der Waals surface area contributed by atoms with Crippen LogP contribution in [0.5, 0.6) is 0 Å². The van der Waals surface area contributed by atoms with Crippen LogP contribution in [-0.2, 0) is 23.9 Å². The second kappa shape index (κ2) is 14.6. The van der Waals surface area contributed by atoms with Crippen molar-refractivity contribution < 1.29 is 28.7 Å². The number of nitrogens with zero attached hydrogens (tertiary/aromatic N) is 1. The van der Waals surface area contributed by atoms with E-state index in [2.05, 4.69) is 10.6 Å². The number of nitrogens with one attached hydrogen (secondary N) is 2. The molecular weight excluding hydrogens is 474 g/mol. The Hall–Kier alpha value is -3.10. The van der Waals surface area contributed by atoms with E-state index in [1.54, 1.807) is 27.7 Å². The van der Waals surface area contributed by atoms with Crippen molar-refractivity contribution in [1.82, 2.24) is 15.5 Å². The predicted molar refractivity (Wildman–Crippen MR) is 143 cm³/mol. The van der Waals surface area contributed by atoms with Crippen LogP contribution in [0.3, 0.4) is 0 Å². The topological polar surface area (TPSA) is 114 Å². The summed E-state index contributed by atoms with van der Waals surface area (Å²) in [5.74, 6) is -1.46. The molecule has 0 aliphatic rings. The highest BCUT2D eigenvalue weighted by Crippen LogP contribution is 2.26. The maximum absolute atomic E-state index is 13.9. The number of rotatable bonds is 12. The molecule has 1 aromatic rings. The standard InChI is InChI=1S/C28H45N3O6/c1-10-16-31(26(34)23(18(3)4)30-27(35)37-28(7,8)9)24(21-13-12-19(5)20(6)17-21)25(33)29-15-14-22(32)36-11-2/h12-13,17-18,23-24H,10-11,14-16H2,1-9H3,(H,29,33)(H,30,35). The molecule has 0 aliphatic heterocycles. The van der Waals surface area contributed by atoms with Gasteiger partial charge in [-0.15, -0.1) is 0 Å². The lowest BCUT2D eigenvalue weighted by molar-refractivity contribution is -0.144. The van der Waals surface area contributed by atoms with Gasteiger partial charge in [0.25, 0.3) is 0 Å². The normalized spacial score (nSPS) is 12.9. The van der Waals surface area contributed by atoms with Crippen molar-refractivity contribution in [3.8, 4) is 0 Å². The van der Waals surface area contributed by atoms with Crippen LogP contribution in [0.15, 0.2) is 18.2 Å². The van der Waals surface area contributed by atoms with Crippen LogP contribution in [0.25, 0.3) is 0 Å². The van der Waals surface area contributed by atoms with E-state index in [0.29, 0.717) is 18.5 Å². The summed E-state index contributed by atoms with van der Waals surface area (Å²) in [7, 11) is 0. The monoisotopic (exact) mass is 519 g/mol. The van der Waals surface area contributed by atoms with Crippen molar-refractivity contribution in [2.45, 2.75) is 92.8 Å². The van der Waals surface area contributed by atoms with Gasteiger partial charge in [0, 0.05) is 13.1 Å². The molecule has 1 aromatic carbocycles. The number of amides is 3. The summed E-state index contributed by atoms with van der Waals surface area (Å²) in [5.41, 5.74) is 1.97. The first kappa shape index (κ1) is 31.9. The molecule has 0 bridgehead atoms. The van der Waals surface area contributed by atoms with Crippen LogP contribution in [-0.4, -0.2) is 60.1 Å². The van der Waals surface area contributed by atoms with Gasteiger partial charge in [-0.3, -0.25) is 14.4 Å². The van der Waals surface area contributed by atoms with Gasteiger partial charge in [-0.05, 0) is 70.6 Å². The van der Waals surface area contributed by atoms with Crippen molar-refractivity contribution in [2.24, 2.45) is 5.92 Å². The molecule has 3 amide bonds. The van der Waals surface area contributed by atoms with E-state index in [1.807, 2.05) is 52.8 Å². The molecule has 208 valence electrons. The van der Waals surface area contributed by atoms with Crippen LogP contribution in [0, 0.1) is 19.8 Å². The molecule has 0 aliphatic carbocycles. The molecule has 2 unspecified atom stereocenters. The maximum atomic E-state index is 13.9. The number of alkyl carbamates (subject to hydrolysis) is 1. The number of aryl methyl sites for hydroxylation is 2. The molecule has 0 aromatic heterocycles. The third-order valence-electron chi connectivity index (χ3n) is 5.69. The van der Waals surface area contributed by atoms with E-state index < -0.39 is 35.7 Å². The number of esters is 1. The van der Waals surface area contributed by atoms with Gasteiger partial charge in [0.2, 0.25) is 11.8 Å². The molecule has 2 atom stereocenters. The molecule has 0 heterocycles. The highest BCUT2D eigenvalue weighted by atomic mass is 16.6. The molecular formula is C28H45N3O6. The van der Waals surface area contributed by atoms with Crippen molar-refractivity contribution in [2.75, 3.05) is 19.7 Å². The minimum atomic E-state index is -0.948. The zero-order chi connectivity index (χ0) is 28.3. The fraction of sp³-hybridized carbons (Fsp3) is 0.643. The lowest BCUT2D eigenvalue weighted by Gasteiger charge is -2.35. The minimum absolute atomic E-state index is 0.0236. The SMILES string of the molecule is CCCN(C(=O)C(NC(=O)OC(C)(C)C)C(C)C)C(C(=O)NCCC(=O)OCC)c1ccc(C)c(C)c1. The van der Waals surface area contributed by atoms with Crippen LogP contribution < -0.4 is 10.6 Å². The number of benzene rings is 1. The average molecular weight is 520 g/mol. The van der Waals surface area contributed by atoms with Gasteiger partial charge in [-0.25, -0.2) is 4.79 Å². The van der Waals surface area contributed by atoms with Crippen LogP contribution in [0.2, 0.25) is 0 Å². The molecule has 9 heteroatoms. The first-order chi connectivity index (χ1) is 17.2. The predicted octanol–water partition coefficient (Wildman–Crippen LogP) is 4.20. The quantitative estimate of drug-likeness (QED) is 0.400. The van der Waals surface area contributed by atoms with Crippen molar-refractivity contribution in [3.63, 3.8) is 0 Å². The largest absolute Gasteiger partial charge is 0.466 e. The molecule has 2 N–H and O–H groups in total. The molecule has 0 spiro atoms. The lowest BCUT2D eigenvalue weighted by Crippen LogP contribution is -2.55. The van der Waals surface area contributed by atoms with Crippen LogP contribution in [0.4, 0.5) is 4.79 Å². The summed E-state index contributed by atoms with van der Waals surface area (Å²) >= 11 is 0. The molecule has 0 fully saturated rings. The Morgan fingerprint density at radius 1 is 1.03 bits per heavy atom. The third kappa shape index (κ3) is 10.4. The summed E-state index contributed by atoms with van der Waals surface area (Å²) in [6.45, 7) is 17.1. The summed E-state index contributed by atoms with van der Waals surface area (Å²) < 4.78 is 10.3. The van der Waals surface area contributed by atoms with Crippen molar-refractivity contribution in [1.29, 1.82) is 0 Å². The molecule has 0 radical (unpaired) electrons. The maximum Gasteiger partial charge on any atom is 0.408 e. The number of hydrogen-bond donors (Lipinski definition) is 2. The second-order valence-corrected chi connectivity index (χ2v) is 10.5. The molecule has 1 rings (SSSR count). The van der Waals surface area contributed by atoms with E-state index in [-0.39, 0.29) is 31.4 Å². The smallest absolute Gasteiger partial charge is 0.408 e. The van der Waals surface area contributed by atoms with Gasteiger partial charge in [0.05, 0.1) is 13.0 Å². The first-order valence-electron chi connectivity index (χ1n) is 13.0. The van der Waals surface area contributed by atoms with Gasteiger partial charge in [-0.2, -0.15) is 0 Å². The summed E-state index contributed by atoms with van der Waals surface area (Å²) in [6, 6.07) is 3.79. The zero-order valence-corrected chi connectivity index (χ0v) is 23.9. The number of ether oxygens (including phenoxy) is 2. The average Bonchev–Trinajstić information content (AvgIpc) is 2.77. The van der Waals surface area contributed by atoms with E-state index in [0.717, 1.165) is 11.1 Å². The van der Waals surface area contributed by atoms with E-state index in [4.69, 9.17) is 9.47 Å². The van der Waals surface area contributed by atoms with E-state index >= 15 is 0 Å². The molecule has 0 saturated heterocycles. The fourth-order valence-corrected chi connectivity index (χ4v) is 3.76.